The molecule has 6 nitrogen and oxygen atoms in total. The first kappa shape index (κ1) is 19.4. The van der Waals surface area contributed by atoms with E-state index in [2.05, 4.69) is 55.2 Å². The third-order valence-corrected chi connectivity index (χ3v) is 4.88. The van der Waals surface area contributed by atoms with Crippen molar-refractivity contribution in [3.63, 3.8) is 0 Å². The third-order valence-electron chi connectivity index (χ3n) is 4.88. The van der Waals surface area contributed by atoms with E-state index in [0.717, 1.165) is 31.0 Å². The van der Waals surface area contributed by atoms with Gasteiger partial charge >= 0.3 is 0 Å². The maximum atomic E-state index is 6.06. The SMILES string of the molecule is CC(C)Cc1ccc(C(C)c2cc(C/N=C(/N)N3CCOCC3)on2)cc1. The van der Waals surface area contributed by atoms with E-state index >= 15 is 0 Å². The lowest BCUT2D eigenvalue weighted by atomic mass is 9.95. The molecule has 6 heteroatoms. The predicted octanol–water partition coefficient (Wildman–Crippen LogP) is 3.17. The van der Waals surface area contributed by atoms with Gasteiger partial charge in [0.15, 0.2) is 11.7 Å². The van der Waals surface area contributed by atoms with Crippen molar-refractivity contribution in [1.29, 1.82) is 0 Å². The Balaban J connectivity index is 1.60. The lowest BCUT2D eigenvalue weighted by Gasteiger charge is -2.27. The van der Waals surface area contributed by atoms with Gasteiger partial charge in [0, 0.05) is 25.1 Å². The van der Waals surface area contributed by atoms with E-state index in [1.807, 2.05) is 11.0 Å². The van der Waals surface area contributed by atoms with Crippen molar-refractivity contribution >= 4 is 5.96 Å². The summed E-state index contributed by atoms with van der Waals surface area (Å²) in [6.07, 6.45) is 1.10. The number of benzene rings is 1. The van der Waals surface area contributed by atoms with Gasteiger partial charge in [-0.2, -0.15) is 0 Å². The number of nitrogens with two attached hydrogens (primary N) is 1. The second-order valence-electron chi connectivity index (χ2n) is 7.55. The predicted molar refractivity (Wildman–Crippen MR) is 107 cm³/mol. The van der Waals surface area contributed by atoms with Crippen molar-refractivity contribution in [2.45, 2.75) is 39.7 Å². The van der Waals surface area contributed by atoms with Gasteiger partial charge in [0.1, 0.15) is 6.54 Å². The number of guanidine groups is 1. The van der Waals surface area contributed by atoms with Gasteiger partial charge in [-0.25, -0.2) is 4.99 Å². The Kier molecular flexibility index (Phi) is 6.50. The van der Waals surface area contributed by atoms with Gasteiger partial charge in [-0.3, -0.25) is 0 Å². The summed E-state index contributed by atoms with van der Waals surface area (Å²) >= 11 is 0. The molecule has 1 atom stereocenters. The van der Waals surface area contributed by atoms with Gasteiger partial charge < -0.3 is 19.9 Å². The fraction of sp³-hybridized carbons (Fsp3) is 0.524. The van der Waals surface area contributed by atoms with Crippen LogP contribution in [0.2, 0.25) is 0 Å². The molecular weight excluding hydrogens is 340 g/mol. The zero-order valence-electron chi connectivity index (χ0n) is 16.5. The molecule has 0 radical (unpaired) electrons. The summed E-state index contributed by atoms with van der Waals surface area (Å²) in [6.45, 7) is 9.96. The molecule has 1 aromatic heterocycles. The van der Waals surface area contributed by atoms with Gasteiger partial charge in [-0.15, -0.1) is 0 Å². The summed E-state index contributed by atoms with van der Waals surface area (Å²) in [4.78, 5) is 6.46. The molecule has 27 heavy (non-hydrogen) atoms. The van der Waals surface area contributed by atoms with Crippen LogP contribution in [0.15, 0.2) is 39.8 Å². The van der Waals surface area contributed by atoms with Crippen LogP contribution in [0.5, 0.6) is 0 Å². The Hall–Kier alpha value is -2.34. The zero-order valence-corrected chi connectivity index (χ0v) is 16.5. The molecule has 3 rings (SSSR count). The molecule has 2 aromatic rings. The summed E-state index contributed by atoms with van der Waals surface area (Å²) in [5.74, 6) is 2.10. The molecule has 1 saturated heterocycles. The van der Waals surface area contributed by atoms with Crippen LogP contribution < -0.4 is 5.73 Å². The number of ether oxygens (including phenoxy) is 1. The Morgan fingerprint density at radius 1 is 1.19 bits per heavy atom. The van der Waals surface area contributed by atoms with Gasteiger partial charge in [0.25, 0.3) is 0 Å². The Bertz CT molecular complexity index is 746. The van der Waals surface area contributed by atoms with Crippen molar-refractivity contribution in [2.24, 2.45) is 16.6 Å². The number of hydrogen-bond donors (Lipinski definition) is 1. The van der Waals surface area contributed by atoms with Gasteiger partial charge in [-0.1, -0.05) is 50.2 Å². The Morgan fingerprint density at radius 3 is 2.56 bits per heavy atom. The summed E-state index contributed by atoms with van der Waals surface area (Å²) in [6, 6.07) is 10.8. The molecule has 0 spiro atoms. The first-order valence-corrected chi connectivity index (χ1v) is 9.70. The molecule has 0 saturated carbocycles. The van der Waals surface area contributed by atoms with Crippen LogP contribution in [0.25, 0.3) is 0 Å². The number of aliphatic imine (C=N–C) groups is 1. The van der Waals surface area contributed by atoms with Crippen LogP contribution in [-0.2, 0) is 17.7 Å². The highest BCUT2D eigenvalue weighted by molar-refractivity contribution is 5.78. The van der Waals surface area contributed by atoms with E-state index in [1.54, 1.807) is 0 Å². The minimum absolute atomic E-state index is 0.177. The van der Waals surface area contributed by atoms with Gasteiger partial charge in [0.2, 0.25) is 0 Å². The highest BCUT2D eigenvalue weighted by Crippen LogP contribution is 2.25. The molecule has 1 aliphatic heterocycles. The summed E-state index contributed by atoms with van der Waals surface area (Å²) in [5.41, 5.74) is 9.58. The molecule has 1 fully saturated rings. The summed E-state index contributed by atoms with van der Waals surface area (Å²) in [7, 11) is 0. The lowest BCUT2D eigenvalue weighted by molar-refractivity contribution is 0.0674. The van der Waals surface area contributed by atoms with E-state index in [0.29, 0.717) is 31.6 Å². The van der Waals surface area contributed by atoms with Crippen molar-refractivity contribution < 1.29 is 9.26 Å². The Morgan fingerprint density at radius 2 is 1.89 bits per heavy atom. The van der Waals surface area contributed by atoms with E-state index in [1.165, 1.54) is 11.1 Å². The van der Waals surface area contributed by atoms with Crippen molar-refractivity contribution in [2.75, 3.05) is 26.3 Å². The fourth-order valence-electron chi connectivity index (χ4n) is 3.24. The van der Waals surface area contributed by atoms with Crippen LogP contribution in [0.4, 0.5) is 0 Å². The minimum Gasteiger partial charge on any atom is -0.378 e. The van der Waals surface area contributed by atoms with Crippen LogP contribution in [-0.4, -0.2) is 42.3 Å². The zero-order chi connectivity index (χ0) is 19.2. The Labute approximate surface area is 161 Å². The first-order valence-electron chi connectivity index (χ1n) is 9.70. The van der Waals surface area contributed by atoms with Crippen LogP contribution in [0.1, 0.15) is 49.3 Å². The number of morpholine rings is 1. The maximum absolute atomic E-state index is 6.06. The van der Waals surface area contributed by atoms with E-state index in [4.69, 9.17) is 15.0 Å². The third kappa shape index (κ3) is 5.32. The maximum Gasteiger partial charge on any atom is 0.191 e. The molecule has 1 aliphatic rings. The molecule has 146 valence electrons. The van der Waals surface area contributed by atoms with Crippen LogP contribution in [0.3, 0.4) is 0 Å². The fourth-order valence-corrected chi connectivity index (χ4v) is 3.24. The number of hydrogen-bond acceptors (Lipinski definition) is 4. The quantitative estimate of drug-likeness (QED) is 0.624. The molecule has 2 N–H and O–H groups in total. The van der Waals surface area contributed by atoms with Crippen molar-refractivity contribution in [3.05, 3.63) is 52.9 Å². The summed E-state index contributed by atoms with van der Waals surface area (Å²) < 4.78 is 10.8. The van der Waals surface area contributed by atoms with Crippen LogP contribution >= 0.6 is 0 Å². The number of nitrogens with zero attached hydrogens (tertiary/aromatic N) is 3. The van der Waals surface area contributed by atoms with Crippen LogP contribution in [0, 0.1) is 5.92 Å². The normalized spacial score (nSPS) is 16.7. The average molecular weight is 370 g/mol. The molecule has 0 bridgehead atoms. The molecule has 2 heterocycles. The van der Waals surface area contributed by atoms with Gasteiger partial charge in [0.05, 0.1) is 18.9 Å². The van der Waals surface area contributed by atoms with E-state index in [9.17, 15) is 0 Å². The average Bonchev–Trinajstić information content (AvgIpc) is 3.15. The first-order chi connectivity index (χ1) is 13.0. The number of aromatic nitrogens is 1. The molecule has 1 aromatic carbocycles. The smallest absolute Gasteiger partial charge is 0.191 e. The second-order valence-corrected chi connectivity index (χ2v) is 7.55. The van der Waals surface area contributed by atoms with Crippen molar-refractivity contribution in [1.82, 2.24) is 10.1 Å². The molecular formula is C21H30N4O2. The lowest BCUT2D eigenvalue weighted by Crippen LogP contribution is -2.44. The molecule has 1 unspecified atom stereocenters. The summed E-state index contributed by atoms with van der Waals surface area (Å²) in [5, 5.41) is 4.24. The van der Waals surface area contributed by atoms with E-state index < -0.39 is 0 Å². The highest BCUT2D eigenvalue weighted by atomic mass is 16.5. The molecule has 0 aliphatic carbocycles. The topological polar surface area (TPSA) is 76.9 Å². The van der Waals surface area contributed by atoms with E-state index in [-0.39, 0.29) is 5.92 Å². The molecule has 0 amide bonds. The largest absolute Gasteiger partial charge is 0.378 e. The van der Waals surface area contributed by atoms with Gasteiger partial charge in [-0.05, 0) is 23.5 Å². The minimum atomic E-state index is 0.177. The van der Waals surface area contributed by atoms with Crippen molar-refractivity contribution in [3.8, 4) is 0 Å². The number of rotatable bonds is 6. The second kappa shape index (κ2) is 9.04. The monoisotopic (exact) mass is 370 g/mol. The highest BCUT2D eigenvalue weighted by Gasteiger charge is 2.15. The standard InChI is InChI=1S/C21H30N4O2/c1-15(2)12-17-4-6-18(7-5-17)16(3)20-13-19(27-24-20)14-23-21(22)25-8-10-26-11-9-25/h4-7,13,15-16H,8-12,14H2,1-3H3,(H2,22,23).